The molecule has 4 heteroatoms. The topological polar surface area (TPSA) is 35.2 Å². The molecular formula is C14H13ClFNO. The first-order valence-electron chi connectivity index (χ1n) is 5.49. The number of hydrogen-bond donors (Lipinski definition) is 1. The zero-order valence-electron chi connectivity index (χ0n) is 9.91. The smallest absolute Gasteiger partial charge is 0.142 e. The second-order valence-corrected chi connectivity index (χ2v) is 4.47. The number of halogens is 2. The van der Waals surface area contributed by atoms with Gasteiger partial charge in [0.2, 0.25) is 0 Å². The maximum Gasteiger partial charge on any atom is 0.142 e. The molecule has 2 aromatic rings. The molecule has 2 rings (SSSR count). The Labute approximate surface area is 110 Å². The predicted molar refractivity (Wildman–Crippen MR) is 71.3 cm³/mol. The first-order chi connectivity index (χ1) is 8.56. The molecule has 18 heavy (non-hydrogen) atoms. The minimum Gasteiger partial charge on any atom is -0.489 e. The largest absolute Gasteiger partial charge is 0.489 e. The first-order valence-corrected chi connectivity index (χ1v) is 5.87. The second kappa shape index (κ2) is 5.27. The molecule has 2 nitrogen and oxygen atoms in total. The Morgan fingerprint density at radius 1 is 1.22 bits per heavy atom. The lowest BCUT2D eigenvalue weighted by molar-refractivity contribution is 0.303. The lowest BCUT2D eigenvalue weighted by Crippen LogP contribution is -1.98. The van der Waals surface area contributed by atoms with Gasteiger partial charge < -0.3 is 10.5 Å². The van der Waals surface area contributed by atoms with Crippen LogP contribution in [0.1, 0.15) is 11.1 Å². The standard InChI is InChI=1S/C14H13ClFNO/c1-9-2-4-11(17)7-14(9)18-8-10-3-5-12(15)13(16)6-10/h2-7H,8,17H2,1H3. The maximum absolute atomic E-state index is 13.2. The molecule has 0 aromatic heterocycles. The molecule has 0 saturated carbocycles. The SMILES string of the molecule is Cc1ccc(N)cc1OCc1ccc(Cl)c(F)c1. The van der Waals surface area contributed by atoms with Crippen molar-refractivity contribution < 1.29 is 9.13 Å². The summed E-state index contributed by atoms with van der Waals surface area (Å²) < 4.78 is 18.8. The van der Waals surface area contributed by atoms with E-state index in [1.807, 2.05) is 19.1 Å². The number of ether oxygens (including phenoxy) is 1. The Morgan fingerprint density at radius 3 is 2.72 bits per heavy atom. The van der Waals surface area contributed by atoms with Gasteiger partial charge >= 0.3 is 0 Å². The number of rotatable bonds is 3. The molecule has 0 bridgehead atoms. The van der Waals surface area contributed by atoms with E-state index in [0.29, 0.717) is 11.4 Å². The monoisotopic (exact) mass is 265 g/mol. The first kappa shape index (κ1) is 12.7. The summed E-state index contributed by atoms with van der Waals surface area (Å²) in [6.45, 7) is 2.20. The number of anilines is 1. The highest BCUT2D eigenvalue weighted by Crippen LogP contribution is 2.22. The molecule has 0 aliphatic rings. The Bertz CT molecular complexity index is 572. The summed E-state index contributed by atoms with van der Waals surface area (Å²) in [5.41, 5.74) is 8.03. The van der Waals surface area contributed by atoms with Crippen molar-refractivity contribution in [2.45, 2.75) is 13.5 Å². The van der Waals surface area contributed by atoms with Gasteiger partial charge in [-0.15, -0.1) is 0 Å². The van der Waals surface area contributed by atoms with Crippen molar-refractivity contribution in [1.82, 2.24) is 0 Å². The second-order valence-electron chi connectivity index (χ2n) is 4.06. The Kier molecular flexibility index (Phi) is 3.72. The van der Waals surface area contributed by atoms with Gasteiger partial charge in [0.25, 0.3) is 0 Å². The fourth-order valence-corrected chi connectivity index (χ4v) is 1.68. The Hall–Kier alpha value is -1.74. The Morgan fingerprint density at radius 2 is 2.00 bits per heavy atom. The minimum atomic E-state index is -0.443. The average molecular weight is 266 g/mol. The van der Waals surface area contributed by atoms with Crippen molar-refractivity contribution in [3.8, 4) is 5.75 Å². The zero-order valence-corrected chi connectivity index (χ0v) is 10.7. The van der Waals surface area contributed by atoms with Crippen molar-refractivity contribution in [2.75, 3.05) is 5.73 Å². The fourth-order valence-electron chi connectivity index (χ4n) is 1.56. The van der Waals surface area contributed by atoms with E-state index < -0.39 is 5.82 Å². The van der Waals surface area contributed by atoms with Crippen LogP contribution in [0.3, 0.4) is 0 Å². The van der Waals surface area contributed by atoms with Crippen LogP contribution >= 0.6 is 11.6 Å². The van der Waals surface area contributed by atoms with Crippen LogP contribution in [-0.4, -0.2) is 0 Å². The third-order valence-corrected chi connectivity index (χ3v) is 2.90. The average Bonchev–Trinajstić information content (AvgIpc) is 2.34. The number of hydrogen-bond acceptors (Lipinski definition) is 2. The van der Waals surface area contributed by atoms with Crippen LogP contribution < -0.4 is 10.5 Å². The van der Waals surface area contributed by atoms with Crippen LogP contribution in [0, 0.1) is 12.7 Å². The summed E-state index contributed by atoms with van der Waals surface area (Å²) in [6.07, 6.45) is 0. The van der Waals surface area contributed by atoms with Crippen LogP contribution in [-0.2, 0) is 6.61 Å². The quantitative estimate of drug-likeness (QED) is 0.853. The van der Waals surface area contributed by atoms with Crippen LogP contribution in [0.5, 0.6) is 5.75 Å². The molecule has 0 saturated heterocycles. The van der Waals surface area contributed by atoms with Gasteiger partial charge in [0, 0.05) is 11.8 Å². The molecule has 2 N–H and O–H groups in total. The zero-order chi connectivity index (χ0) is 13.1. The van der Waals surface area contributed by atoms with Crippen molar-refractivity contribution in [1.29, 1.82) is 0 Å². The van der Waals surface area contributed by atoms with E-state index >= 15 is 0 Å². The van der Waals surface area contributed by atoms with E-state index in [0.717, 1.165) is 11.1 Å². The van der Waals surface area contributed by atoms with Crippen molar-refractivity contribution in [3.63, 3.8) is 0 Å². The van der Waals surface area contributed by atoms with Crippen molar-refractivity contribution in [2.24, 2.45) is 0 Å². The summed E-state index contributed by atoms with van der Waals surface area (Å²) in [5.74, 6) is 0.257. The van der Waals surface area contributed by atoms with Crippen molar-refractivity contribution in [3.05, 3.63) is 58.4 Å². The van der Waals surface area contributed by atoms with Gasteiger partial charge in [-0.3, -0.25) is 0 Å². The normalized spacial score (nSPS) is 10.4. The molecule has 94 valence electrons. The van der Waals surface area contributed by atoms with Gasteiger partial charge in [0.15, 0.2) is 0 Å². The highest BCUT2D eigenvalue weighted by atomic mass is 35.5. The van der Waals surface area contributed by atoms with Gasteiger partial charge in [0.1, 0.15) is 18.2 Å². The van der Waals surface area contributed by atoms with Crippen molar-refractivity contribution >= 4 is 17.3 Å². The third kappa shape index (κ3) is 2.93. The van der Waals surface area contributed by atoms with Gasteiger partial charge in [-0.2, -0.15) is 0 Å². The third-order valence-electron chi connectivity index (χ3n) is 2.59. The fraction of sp³-hybridized carbons (Fsp3) is 0.143. The number of nitrogens with two attached hydrogens (primary N) is 1. The molecule has 0 fully saturated rings. The Balaban J connectivity index is 2.11. The molecule has 0 unspecified atom stereocenters. The highest BCUT2D eigenvalue weighted by molar-refractivity contribution is 6.30. The number of nitrogen functional groups attached to an aromatic ring is 1. The molecule has 0 spiro atoms. The molecule has 0 radical (unpaired) electrons. The molecule has 0 atom stereocenters. The van der Waals surface area contributed by atoms with Crippen LogP contribution in [0.15, 0.2) is 36.4 Å². The van der Waals surface area contributed by atoms with E-state index in [9.17, 15) is 4.39 Å². The van der Waals surface area contributed by atoms with Gasteiger partial charge in [-0.1, -0.05) is 23.7 Å². The van der Waals surface area contributed by atoms with Crippen LogP contribution in [0.4, 0.5) is 10.1 Å². The number of aryl methyl sites for hydroxylation is 1. The summed E-state index contributed by atoms with van der Waals surface area (Å²) in [4.78, 5) is 0. The molecule has 0 heterocycles. The predicted octanol–water partition coefficient (Wildman–Crippen LogP) is 3.95. The van der Waals surface area contributed by atoms with E-state index in [1.165, 1.54) is 12.1 Å². The lowest BCUT2D eigenvalue weighted by Gasteiger charge is -2.10. The van der Waals surface area contributed by atoms with E-state index in [2.05, 4.69) is 0 Å². The summed E-state index contributed by atoms with van der Waals surface area (Å²) >= 11 is 5.61. The maximum atomic E-state index is 13.2. The summed E-state index contributed by atoms with van der Waals surface area (Å²) in [5, 5.41) is 0.110. The highest BCUT2D eigenvalue weighted by Gasteiger charge is 2.04. The summed E-state index contributed by atoms with van der Waals surface area (Å²) in [6, 6.07) is 10.1. The van der Waals surface area contributed by atoms with Gasteiger partial charge in [0.05, 0.1) is 5.02 Å². The van der Waals surface area contributed by atoms with Gasteiger partial charge in [-0.25, -0.2) is 4.39 Å². The molecule has 0 aliphatic carbocycles. The summed E-state index contributed by atoms with van der Waals surface area (Å²) in [7, 11) is 0. The molecule has 2 aromatic carbocycles. The minimum absolute atomic E-state index is 0.110. The lowest BCUT2D eigenvalue weighted by atomic mass is 10.2. The number of benzene rings is 2. The van der Waals surface area contributed by atoms with Crippen LogP contribution in [0.2, 0.25) is 5.02 Å². The van der Waals surface area contributed by atoms with Crippen LogP contribution in [0.25, 0.3) is 0 Å². The van der Waals surface area contributed by atoms with Gasteiger partial charge in [-0.05, 0) is 36.2 Å². The van der Waals surface area contributed by atoms with E-state index in [1.54, 1.807) is 12.1 Å². The molecule has 0 aliphatic heterocycles. The van der Waals surface area contributed by atoms with E-state index in [4.69, 9.17) is 22.1 Å². The molecule has 0 amide bonds. The molecular weight excluding hydrogens is 253 g/mol. The van der Waals surface area contributed by atoms with E-state index in [-0.39, 0.29) is 11.6 Å².